The van der Waals surface area contributed by atoms with Gasteiger partial charge in [-0.05, 0) is 24.3 Å². The van der Waals surface area contributed by atoms with Crippen molar-refractivity contribution in [2.75, 3.05) is 0 Å². The number of carboxylic acid groups (broad SMARTS) is 1. The Morgan fingerprint density at radius 2 is 2.05 bits per heavy atom. The van der Waals surface area contributed by atoms with Crippen LogP contribution in [0.4, 0.5) is 0 Å². The molecule has 0 unspecified atom stereocenters. The average molecular weight is 288 g/mol. The first kappa shape index (κ1) is 12.4. The highest BCUT2D eigenvalue weighted by molar-refractivity contribution is 7.99. The van der Waals surface area contributed by atoms with Gasteiger partial charge in [-0.2, -0.15) is 14.7 Å². The summed E-state index contributed by atoms with van der Waals surface area (Å²) >= 11 is 1.18. The zero-order valence-electron chi connectivity index (χ0n) is 9.98. The molecule has 0 spiro atoms. The molecule has 7 nitrogen and oxygen atoms in total. The summed E-state index contributed by atoms with van der Waals surface area (Å²) < 4.78 is 1.13. The molecule has 0 amide bonds. The van der Waals surface area contributed by atoms with Gasteiger partial charge in [0, 0.05) is 4.90 Å². The van der Waals surface area contributed by atoms with Crippen LogP contribution in [0.1, 0.15) is 10.4 Å². The summed E-state index contributed by atoms with van der Waals surface area (Å²) in [4.78, 5) is 23.1. The lowest BCUT2D eigenvalue weighted by Crippen LogP contribution is -2.12. The van der Waals surface area contributed by atoms with Crippen molar-refractivity contribution in [3.8, 4) is 0 Å². The van der Waals surface area contributed by atoms with Crippen molar-refractivity contribution in [3.63, 3.8) is 0 Å². The molecule has 0 atom stereocenters. The molecule has 2 aromatic heterocycles. The van der Waals surface area contributed by atoms with E-state index in [0.29, 0.717) is 15.6 Å². The zero-order valence-corrected chi connectivity index (χ0v) is 10.8. The van der Waals surface area contributed by atoms with Gasteiger partial charge in [0.1, 0.15) is 5.03 Å². The molecule has 0 saturated heterocycles. The van der Waals surface area contributed by atoms with E-state index in [-0.39, 0.29) is 5.56 Å². The number of rotatable bonds is 3. The Balaban J connectivity index is 2.03. The number of fused-ring (bicyclic) bond motifs is 1. The summed E-state index contributed by atoms with van der Waals surface area (Å²) in [6.07, 6.45) is 0. The van der Waals surface area contributed by atoms with Crippen LogP contribution < -0.4 is 5.69 Å². The molecular formula is C12H8N4O3S. The first-order valence-corrected chi connectivity index (χ1v) is 6.41. The van der Waals surface area contributed by atoms with E-state index in [0.717, 1.165) is 4.52 Å². The number of hydrogen-bond donors (Lipinski definition) is 2. The van der Waals surface area contributed by atoms with Crippen LogP contribution in [-0.4, -0.2) is 30.9 Å². The van der Waals surface area contributed by atoms with Crippen molar-refractivity contribution in [3.05, 3.63) is 52.4 Å². The van der Waals surface area contributed by atoms with E-state index in [2.05, 4.69) is 15.3 Å². The van der Waals surface area contributed by atoms with E-state index < -0.39 is 11.7 Å². The molecule has 2 heterocycles. The smallest absolute Gasteiger partial charge is 0.364 e. The Morgan fingerprint density at radius 3 is 2.85 bits per heavy atom. The molecule has 100 valence electrons. The largest absolute Gasteiger partial charge is 0.478 e. The molecule has 0 fully saturated rings. The van der Waals surface area contributed by atoms with Gasteiger partial charge in [0.25, 0.3) is 0 Å². The molecule has 1 aromatic carbocycles. The quantitative estimate of drug-likeness (QED) is 0.752. The van der Waals surface area contributed by atoms with Crippen LogP contribution in [-0.2, 0) is 0 Å². The van der Waals surface area contributed by atoms with Crippen LogP contribution in [0.2, 0.25) is 0 Å². The molecule has 3 rings (SSSR count). The minimum atomic E-state index is -1.00. The Bertz CT molecular complexity index is 855. The SMILES string of the molecule is O=C(O)c1ccccc1Sc1ccc2n[nH]c(=O)n2n1. The van der Waals surface area contributed by atoms with Crippen LogP contribution in [0.5, 0.6) is 0 Å². The molecule has 0 saturated carbocycles. The van der Waals surface area contributed by atoms with E-state index in [4.69, 9.17) is 5.11 Å². The van der Waals surface area contributed by atoms with Gasteiger partial charge < -0.3 is 5.11 Å². The molecule has 0 aliphatic carbocycles. The zero-order chi connectivity index (χ0) is 14.1. The van der Waals surface area contributed by atoms with Crippen LogP contribution in [0.3, 0.4) is 0 Å². The fourth-order valence-corrected chi connectivity index (χ4v) is 2.58. The van der Waals surface area contributed by atoms with E-state index in [1.807, 2.05) is 0 Å². The molecule has 8 heteroatoms. The Kier molecular flexibility index (Phi) is 2.99. The first-order valence-electron chi connectivity index (χ1n) is 5.60. The van der Waals surface area contributed by atoms with Gasteiger partial charge >= 0.3 is 11.7 Å². The van der Waals surface area contributed by atoms with Crippen molar-refractivity contribution in [2.24, 2.45) is 0 Å². The Morgan fingerprint density at radius 1 is 1.25 bits per heavy atom. The Hall–Kier alpha value is -2.61. The average Bonchev–Trinajstić information content (AvgIpc) is 2.81. The number of nitrogens with one attached hydrogen (secondary N) is 1. The van der Waals surface area contributed by atoms with Crippen molar-refractivity contribution in [1.82, 2.24) is 19.8 Å². The number of aromatic nitrogens is 4. The molecule has 0 aliphatic rings. The number of carboxylic acids is 1. The van der Waals surface area contributed by atoms with Gasteiger partial charge in [-0.15, -0.1) is 0 Å². The van der Waals surface area contributed by atoms with E-state index in [1.165, 1.54) is 17.8 Å². The van der Waals surface area contributed by atoms with Crippen LogP contribution in [0.25, 0.3) is 5.65 Å². The van der Waals surface area contributed by atoms with Crippen molar-refractivity contribution < 1.29 is 9.90 Å². The predicted octanol–water partition coefficient (Wildman–Crippen LogP) is 1.27. The van der Waals surface area contributed by atoms with E-state index >= 15 is 0 Å². The minimum absolute atomic E-state index is 0.193. The lowest BCUT2D eigenvalue weighted by atomic mass is 10.2. The molecule has 0 radical (unpaired) electrons. The minimum Gasteiger partial charge on any atom is -0.478 e. The third kappa shape index (κ3) is 2.16. The lowest BCUT2D eigenvalue weighted by molar-refractivity contribution is 0.0693. The van der Waals surface area contributed by atoms with E-state index in [9.17, 15) is 9.59 Å². The highest BCUT2D eigenvalue weighted by Gasteiger charge is 2.11. The Labute approximate surface area is 116 Å². The molecule has 20 heavy (non-hydrogen) atoms. The maximum absolute atomic E-state index is 11.4. The number of aromatic carboxylic acids is 1. The van der Waals surface area contributed by atoms with Gasteiger partial charge in [0.2, 0.25) is 0 Å². The number of hydrogen-bond acceptors (Lipinski definition) is 5. The summed E-state index contributed by atoms with van der Waals surface area (Å²) in [5.41, 5.74) is 0.166. The summed E-state index contributed by atoms with van der Waals surface area (Å²) in [5.74, 6) is -1.00. The highest BCUT2D eigenvalue weighted by atomic mass is 32.2. The predicted molar refractivity (Wildman–Crippen MR) is 71.1 cm³/mol. The van der Waals surface area contributed by atoms with Crippen LogP contribution in [0.15, 0.2) is 51.1 Å². The molecule has 0 aliphatic heterocycles. The number of H-pyrrole nitrogens is 1. The van der Waals surface area contributed by atoms with Crippen molar-refractivity contribution >= 4 is 23.4 Å². The molecule has 0 bridgehead atoms. The second-order valence-electron chi connectivity index (χ2n) is 3.87. The third-order valence-electron chi connectivity index (χ3n) is 2.58. The summed E-state index contributed by atoms with van der Waals surface area (Å²) in [6.45, 7) is 0. The van der Waals surface area contributed by atoms with Crippen LogP contribution >= 0.6 is 11.8 Å². The number of nitrogens with zero attached hydrogens (tertiary/aromatic N) is 3. The topological polar surface area (TPSA) is 100 Å². The van der Waals surface area contributed by atoms with E-state index in [1.54, 1.807) is 30.3 Å². The summed E-state index contributed by atoms with van der Waals surface area (Å²) in [6, 6.07) is 9.93. The van der Waals surface area contributed by atoms with Crippen molar-refractivity contribution in [1.29, 1.82) is 0 Å². The third-order valence-corrected chi connectivity index (χ3v) is 3.58. The second kappa shape index (κ2) is 4.82. The van der Waals surface area contributed by atoms with Gasteiger partial charge in [-0.3, -0.25) is 0 Å². The molecule has 2 N–H and O–H groups in total. The summed E-state index contributed by atoms with van der Waals surface area (Å²) in [5, 5.41) is 19.8. The number of benzene rings is 1. The van der Waals surface area contributed by atoms with Gasteiger partial charge in [-0.25, -0.2) is 14.7 Å². The molecule has 3 aromatic rings. The number of aromatic amines is 1. The van der Waals surface area contributed by atoms with Gasteiger partial charge in [-0.1, -0.05) is 23.9 Å². The molecular weight excluding hydrogens is 280 g/mol. The summed E-state index contributed by atoms with van der Waals surface area (Å²) in [7, 11) is 0. The van der Waals surface area contributed by atoms with Crippen LogP contribution in [0, 0.1) is 0 Å². The maximum Gasteiger partial charge on any atom is 0.364 e. The highest BCUT2D eigenvalue weighted by Crippen LogP contribution is 2.28. The first-order chi connectivity index (χ1) is 9.65. The second-order valence-corrected chi connectivity index (χ2v) is 4.94. The fourth-order valence-electron chi connectivity index (χ4n) is 1.69. The monoisotopic (exact) mass is 288 g/mol. The lowest BCUT2D eigenvalue weighted by Gasteiger charge is -2.04. The van der Waals surface area contributed by atoms with Gasteiger partial charge in [0.15, 0.2) is 5.65 Å². The normalized spacial score (nSPS) is 10.8. The maximum atomic E-state index is 11.4. The number of carbonyl (C=O) groups is 1. The fraction of sp³-hybridized carbons (Fsp3) is 0. The standard InChI is InChI=1S/C12H8N4O3S/c17-11(18)7-3-1-2-4-8(7)20-10-6-5-9-13-14-12(19)16(9)15-10/h1-6H,(H,14,19)(H,17,18). The van der Waals surface area contributed by atoms with Gasteiger partial charge in [0.05, 0.1) is 5.56 Å². The van der Waals surface area contributed by atoms with Crippen molar-refractivity contribution in [2.45, 2.75) is 9.92 Å².